The summed E-state index contributed by atoms with van der Waals surface area (Å²) in [6.45, 7) is 3.25. The Bertz CT molecular complexity index is 394. The first-order valence-corrected chi connectivity index (χ1v) is 7.13. The van der Waals surface area contributed by atoms with E-state index in [9.17, 15) is 0 Å². The normalized spacial score (nSPS) is 19.8. The highest BCUT2D eigenvalue weighted by atomic mass is 79.9. The number of aromatic nitrogens is 1. The number of nitrogens with two attached hydrogens (primary N) is 1. The van der Waals surface area contributed by atoms with Crippen molar-refractivity contribution in [3.63, 3.8) is 0 Å². The van der Waals surface area contributed by atoms with E-state index < -0.39 is 0 Å². The maximum absolute atomic E-state index is 5.78. The van der Waals surface area contributed by atoms with Gasteiger partial charge in [0, 0.05) is 43.0 Å². The molecule has 1 unspecified atom stereocenters. The highest BCUT2D eigenvalue weighted by Gasteiger charge is 2.18. The van der Waals surface area contributed by atoms with Crippen LogP contribution < -0.4 is 10.6 Å². The molecule has 1 aliphatic rings. The molecule has 1 aromatic rings. The predicted molar refractivity (Wildman–Crippen MR) is 76.6 cm³/mol. The summed E-state index contributed by atoms with van der Waals surface area (Å²) in [5.74, 6) is 1.58. The van der Waals surface area contributed by atoms with Crippen LogP contribution >= 0.6 is 15.9 Å². The minimum atomic E-state index is 0.507. The molecule has 100 valence electrons. The number of rotatable bonds is 4. The number of pyridine rings is 1. The summed E-state index contributed by atoms with van der Waals surface area (Å²) in [5, 5.41) is 0. The van der Waals surface area contributed by atoms with Gasteiger partial charge in [0.05, 0.1) is 6.61 Å². The van der Waals surface area contributed by atoms with Gasteiger partial charge in [-0.05, 0) is 40.8 Å². The van der Waals surface area contributed by atoms with Crippen LogP contribution in [-0.2, 0) is 11.3 Å². The second kappa shape index (κ2) is 6.50. The molecule has 0 bridgehead atoms. The van der Waals surface area contributed by atoms with Crippen molar-refractivity contribution in [3.8, 4) is 0 Å². The SMILES string of the molecule is CN(CC1CCCOC1)c1ncc(Br)cc1CN. The third-order valence-electron chi connectivity index (χ3n) is 3.28. The van der Waals surface area contributed by atoms with Crippen LogP contribution in [0.5, 0.6) is 0 Å². The van der Waals surface area contributed by atoms with Gasteiger partial charge in [0.15, 0.2) is 0 Å². The van der Waals surface area contributed by atoms with Gasteiger partial charge in [-0.15, -0.1) is 0 Å². The average molecular weight is 314 g/mol. The zero-order chi connectivity index (χ0) is 13.0. The van der Waals surface area contributed by atoms with Gasteiger partial charge in [-0.3, -0.25) is 0 Å². The van der Waals surface area contributed by atoms with E-state index in [-0.39, 0.29) is 0 Å². The third kappa shape index (κ3) is 3.43. The molecule has 1 fully saturated rings. The zero-order valence-corrected chi connectivity index (χ0v) is 12.3. The number of nitrogens with zero attached hydrogens (tertiary/aromatic N) is 2. The monoisotopic (exact) mass is 313 g/mol. The summed E-state index contributed by atoms with van der Waals surface area (Å²) in [7, 11) is 2.07. The molecule has 0 aromatic carbocycles. The van der Waals surface area contributed by atoms with Crippen LogP contribution in [0.1, 0.15) is 18.4 Å². The Kier molecular flexibility index (Phi) is 4.97. The van der Waals surface area contributed by atoms with Crippen molar-refractivity contribution in [2.45, 2.75) is 19.4 Å². The van der Waals surface area contributed by atoms with Crippen molar-refractivity contribution >= 4 is 21.7 Å². The molecule has 0 saturated carbocycles. The van der Waals surface area contributed by atoms with E-state index in [0.717, 1.165) is 42.0 Å². The summed E-state index contributed by atoms with van der Waals surface area (Å²) in [5.41, 5.74) is 6.85. The summed E-state index contributed by atoms with van der Waals surface area (Å²) in [6, 6.07) is 2.04. The zero-order valence-electron chi connectivity index (χ0n) is 10.7. The largest absolute Gasteiger partial charge is 0.381 e. The van der Waals surface area contributed by atoms with Gasteiger partial charge in [0.25, 0.3) is 0 Å². The Morgan fingerprint density at radius 2 is 2.44 bits per heavy atom. The van der Waals surface area contributed by atoms with Crippen LogP contribution in [0.2, 0.25) is 0 Å². The number of hydrogen-bond donors (Lipinski definition) is 1. The standard InChI is InChI=1S/C13H20BrN3O/c1-17(8-10-3-2-4-18-9-10)13-11(6-15)5-12(14)7-16-13/h5,7,10H,2-4,6,8-9,15H2,1H3. The van der Waals surface area contributed by atoms with Gasteiger partial charge in [0.1, 0.15) is 5.82 Å². The molecule has 1 saturated heterocycles. The molecule has 4 nitrogen and oxygen atoms in total. The highest BCUT2D eigenvalue weighted by Crippen LogP contribution is 2.23. The Morgan fingerprint density at radius 1 is 1.61 bits per heavy atom. The van der Waals surface area contributed by atoms with Gasteiger partial charge in [0.2, 0.25) is 0 Å². The van der Waals surface area contributed by atoms with E-state index in [1.807, 2.05) is 12.3 Å². The average Bonchev–Trinajstić information content (AvgIpc) is 2.39. The van der Waals surface area contributed by atoms with Crippen LogP contribution in [0.25, 0.3) is 0 Å². The Morgan fingerprint density at radius 3 is 3.11 bits per heavy atom. The van der Waals surface area contributed by atoms with Crippen LogP contribution in [-0.4, -0.2) is 31.8 Å². The number of ether oxygens (including phenoxy) is 1. The predicted octanol–water partition coefficient (Wildman–Crippen LogP) is 2.17. The van der Waals surface area contributed by atoms with Crippen molar-refractivity contribution in [2.75, 3.05) is 31.7 Å². The first-order valence-electron chi connectivity index (χ1n) is 6.34. The van der Waals surface area contributed by atoms with E-state index in [4.69, 9.17) is 10.5 Å². The molecular formula is C13H20BrN3O. The lowest BCUT2D eigenvalue weighted by Crippen LogP contribution is -2.32. The molecule has 0 radical (unpaired) electrons. The topological polar surface area (TPSA) is 51.4 Å². The number of halogens is 1. The maximum Gasteiger partial charge on any atom is 0.132 e. The van der Waals surface area contributed by atoms with Crippen molar-refractivity contribution in [2.24, 2.45) is 11.7 Å². The Hall–Kier alpha value is -0.650. The molecule has 1 atom stereocenters. The van der Waals surface area contributed by atoms with Gasteiger partial charge in [-0.1, -0.05) is 0 Å². The quantitative estimate of drug-likeness (QED) is 0.925. The Labute approximate surface area is 117 Å². The molecule has 2 heterocycles. The minimum absolute atomic E-state index is 0.507. The van der Waals surface area contributed by atoms with Crippen molar-refractivity contribution in [1.29, 1.82) is 0 Å². The van der Waals surface area contributed by atoms with Crippen molar-refractivity contribution < 1.29 is 4.74 Å². The van der Waals surface area contributed by atoms with Crippen LogP contribution in [0.4, 0.5) is 5.82 Å². The summed E-state index contributed by atoms with van der Waals surface area (Å²) in [6.07, 6.45) is 4.22. The van der Waals surface area contributed by atoms with Crippen LogP contribution in [0.3, 0.4) is 0 Å². The molecular weight excluding hydrogens is 294 g/mol. The third-order valence-corrected chi connectivity index (χ3v) is 3.71. The Balaban J connectivity index is 2.05. The molecule has 2 N–H and O–H groups in total. The second-order valence-electron chi connectivity index (χ2n) is 4.80. The summed E-state index contributed by atoms with van der Waals surface area (Å²) >= 11 is 3.43. The molecule has 1 aromatic heterocycles. The molecule has 0 aliphatic carbocycles. The smallest absolute Gasteiger partial charge is 0.132 e. The summed E-state index contributed by atoms with van der Waals surface area (Å²) in [4.78, 5) is 6.66. The molecule has 2 rings (SSSR count). The van der Waals surface area contributed by atoms with Gasteiger partial charge in [-0.2, -0.15) is 0 Å². The van der Waals surface area contributed by atoms with Crippen molar-refractivity contribution in [3.05, 3.63) is 22.3 Å². The molecule has 0 amide bonds. The molecule has 5 heteroatoms. The maximum atomic E-state index is 5.78. The van der Waals surface area contributed by atoms with E-state index >= 15 is 0 Å². The highest BCUT2D eigenvalue weighted by molar-refractivity contribution is 9.10. The minimum Gasteiger partial charge on any atom is -0.381 e. The van der Waals surface area contributed by atoms with Gasteiger partial charge in [-0.25, -0.2) is 4.98 Å². The summed E-state index contributed by atoms with van der Waals surface area (Å²) < 4.78 is 6.49. The lowest BCUT2D eigenvalue weighted by molar-refractivity contribution is 0.0576. The van der Waals surface area contributed by atoms with Gasteiger partial charge >= 0.3 is 0 Å². The van der Waals surface area contributed by atoms with E-state index in [2.05, 4.69) is 32.9 Å². The molecule has 0 spiro atoms. The number of anilines is 1. The van der Waals surface area contributed by atoms with E-state index in [1.54, 1.807) is 0 Å². The number of hydrogen-bond acceptors (Lipinski definition) is 4. The second-order valence-corrected chi connectivity index (χ2v) is 5.72. The fourth-order valence-corrected chi connectivity index (χ4v) is 2.77. The lowest BCUT2D eigenvalue weighted by Gasteiger charge is -2.28. The molecule has 18 heavy (non-hydrogen) atoms. The van der Waals surface area contributed by atoms with E-state index in [1.165, 1.54) is 6.42 Å². The van der Waals surface area contributed by atoms with Crippen LogP contribution in [0.15, 0.2) is 16.7 Å². The molecule has 1 aliphatic heterocycles. The fourth-order valence-electron chi connectivity index (χ4n) is 2.39. The first kappa shape index (κ1) is 13.8. The van der Waals surface area contributed by atoms with Gasteiger partial charge < -0.3 is 15.4 Å². The van der Waals surface area contributed by atoms with E-state index in [0.29, 0.717) is 12.5 Å². The lowest BCUT2D eigenvalue weighted by atomic mass is 10.0. The first-order chi connectivity index (χ1) is 8.70. The fraction of sp³-hybridized carbons (Fsp3) is 0.615. The van der Waals surface area contributed by atoms with Crippen molar-refractivity contribution in [1.82, 2.24) is 4.98 Å². The van der Waals surface area contributed by atoms with Crippen LogP contribution in [0, 0.1) is 5.92 Å².